The third-order valence-corrected chi connectivity index (χ3v) is 3.51. The molecule has 5 heteroatoms. The minimum atomic E-state index is -0.0149. The van der Waals surface area contributed by atoms with Gasteiger partial charge in [0.15, 0.2) is 0 Å². The summed E-state index contributed by atoms with van der Waals surface area (Å²) in [5.41, 5.74) is 8.46. The number of aromatic nitrogens is 3. The number of pyridine rings is 1. The van der Waals surface area contributed by atoms with Crippen LogP contribution in [0.15, 0.2) is 24.5 Å². The first-order chi connectivity index (χ1) is 8.31. The fourth-order valence-electron chi connectivity index (χ4n) is 1.77. The smallest absolute Gasteiger partial charge is 0.0803 e. The van der Waals surface area contributed by atoms with E-state index in [1.54, 1.807) is 12.4 Å². The van der Waals surface area contributed by atoms with Crippen molar-refractivity contribution < 1.29 is 0 Å². The Morgan fingerprint density at radius 1 is 1.35 bits per heavy atom. The Kier molecular flexibility index (Phi) is 4.17. The second-order valence-corrected chi connectivity index (χ2v) is 4.79. The zero-order chi connectivity index (χ0) is 12.1. The van der Waals surface area contributed by atoms with E-state index in [2.05, 4.69) is 21.5 Å². The summed E-state index contributed by atoms with van der Waals surface area (Å²) in [5.74, 6) is 0. The first-order valence-corrected chi connectivity index (χ1v) is 6.54. The summed E-state index contributed by atoms with van der Waals surface area (Å²) >= 11 is 1.42. The van der Waals surface area contributed by atoms with Gasteiger partial charge in [-0.05, 0) is 42.1 Å². The monoisotopic (exact) mass is 248 g/mol. The molecule has 2 heterocycles. The van der Waals surface area contributed by atoms with Crippen molar-refractivity contribution in [2.75, 3.05) is 0 Å². The molecule has 0 saturated carbocycles. The molecule has 0 aliphatic rings. The number of hydrogen-bond donors (Lipinski definition) is 1. The van der Waals surface area contributed by atoms with Gasteiger partial charge in [0.1, 0.15) is 0 Å². The molecule has 0 aliphatic carbocycles. The molecule has 17 heavy (non-hydrogen) atoms. The maximum Gasteiger partial charge on any atom is 0.0803 e. The van der Waals surface area contributed by atoms with Gasteiger partial charge in [0.05, 0.1) is 10.6 Å². The normalized spacial score (nSPS) is 12.6. The molecular weight excluding hydrogens is 232 g/mol. The summed E-state index contributed by atoms with van der Waals surface area (Å²) in [6, 6.07) is 3.97. The highest BCUT2D eigenvalue weighted by Crippen LogP contribution is 2.22. The van der Waals surface area contributed by atoms with Crippen LogP contribution in [0.25, 0.3) is 0 Å². The lowest BCUT2D eigenvalue weighted by molar-refractivity contribution is 0.714. The van der Waals surface area contributed by atoms with Crippen molar-refractivity contribution in [1.82, 2.24) is 14.6 Å². The van der Waals surface area contributed by atoms with E-state index in [1.165, 1.54) is 17.1 Å². The molecule has 2 rings (SSSR count). The van der Waals surface area contributed by atoms with E-state index in [-0.39, 0.29) is 6.04 Å². The van der Waals surface area contributed by atoms with E-state index >= 15 is 0 Å². The molecule has 0 fully saturated rings. The summed E-state index contributed by atoms with van der Waals surface area (Å²) < 4.78 is 4.00. The molecule has 1 atom stereocenters. The summed E-state index contributed by atoms with van der Waals surface area (Å²) in [6.45, 7) is 2.14. The highest BCUT2D eigenvalue weighted by atomic mass is 32.1. The highest BCUT2D eigenvalue weighted by molar-refractivity contribution is 7.05. The van der Waals surface area contributed by atoms with Crippen molar-refractivity contribution in [3.8, 4) is 0 Å². The quantitative estimate of drug-likeness (QED) is 0.880. The second kappa shape index (κ2) is 5.84. The SMILES string of the molecule is CCCc1nnsc1C(N)Cc1ccncc1. The van der Waals surface area contributed by atoms with Gasteiger partial charge < -0.3 is 5.73 Å². The van der Waals surface area contributed by atoms with Crippen LogP contribution >= 0.6 is 11.5 Å². The third-order valence-electron chi connectivity index (χ3n) is 2.61. The zero-order valence-electron chi connectivity index (χ0n) is 9.84. The largest absolute Gasteiger partial charge is 0.323 e. The van der Waals surface area contributed by atoms with Gasteiger partial charge in [-0.2, -0.15) is 0 Å². The van der Waals surface area contributed by atoms with Crippen molar-refractivity contribution in [3.63, 3.8) is 0 Å². The van der Waals surface area contributed by atoms with Gasteiger partial charge in [-0.15, -0.1) is 5.10 Å². The Labute approximate surface area is 105 Å². The van der Waals surface area contributed by atoms with Crippen LogP contribution in [0.4, 0.5) is 0 Å². The van der Waals surface area contributed by atoms with Gasteiger partial charge >= 0.3 is 0 Å². The van der Waals surface area contributed by atoms with E-state index in [4.69, 9.17) is 5.73 Å². The number of rotatable bonds is 5. The summed E-state index contributed by atoms with van der Waals surface area (Å²) in [7, 11) is 0. The van der Waals surface area contributed by atoms with Crippen LogP contribution in [-0.4, -0.2) is 14.6 Å². The van der Waals surface area contributed by atoms with E-state index < -0.39 is 0 Å². The number of aryl methyl sites for hydroxylation is 1. The molecule has 0 saturated heterocycles. The van der Waals surface area contributed by atoms with Crippen LogP contribution in [-0.2, 0) is 12.8 Å². The maximum atomic E-state index is 6.21. The Morgan fingerprint density at radius 2 is 2.12 bits per heavy atom. The minimum absolute atomic E-state index is 0.0149. The Balaban J connectivity index is 2.09. The lowest BCUT2D eigenvalue weighted by Gasteiger charge is -2.10. The van der Waals surface area contributed by atoms with Crippen LogP contribution in [0, 0.1) is 0 Å². The van der Waals surface area contributed by atoms with Crippen LogP contribution in [0.3, 0.4) is 0 Å². The van der Waals surface area contributed by atoms with E-state index in [9.17, 15) is 0 Å². The van der Waals surface area contributed by atoms with Crippen molar-refractivity contribution in [2.24, 2.45) is 5.73 Å². The topological polar surface area (TPSA) is 64.7 Å². The Hall–Kier alpha value is -1.33. The highest BCUT2D eigenvalue weighted by Gasteiger charge is 2.15. The molecule has 0 radical (unpaired) electrons. The van der Waals surface area contributed by atoms with Crippen molar-refractivity contribution in [1.29, 1.82) is 0 Å². The molecule has 2 N–H and O–H groups in total. The summed E-state index contributed by atoms with van der Waals surface area (Å²) in [5, 5.41) is 4.14. The molecule has 2 aromatic heterocycles. The number of hydrogen-bond acceptors (Lipinski definition) is 5. The van der Waals surface area contributed by atoms with Crippen LogP contribution in [0.2, 0.25) is 0 Å². The molecule has 1 unspecified atom stereocenters. The van der Waals surface area contributed by atoms with Gasteiger partial charge in [0.2, 0.25) is 0 Å². The first-order valence-electron chi connectivity index (χ1n) is 5.77. The van der Waals surface area contributed by atoms with E-state index in [0.29, 0.717) is 0 Å². The van der Waals surface area contributed by atoms with Crippen molar-refractivity contribution >= 4 is 11.5 Å². The molecule has 0 aromatic carbocycles. The molecule has 2 aromatic rings. The zero-order valence-corrected chi connectivity index (χ0v) is 10.7. The van der Waals surface area contributed by atoms with Crippen molar-refractivity contribution in [2.45, 2.75) is 32.2 Å². The number of nitrogens with two attached hydrogens (primary N) is 1. The predicted octanol–water partition coefficient (Wildman–Crippen LogP) is 2.13. The maximum absolute atomic E-state index is 6.21. The molecule has 90 valence electrons. The first kappa shape index (κ1) is 12.1. The Morgan fingerprint density at radius 3 is 2.82 bits per heavy atom. The number of nitrogens with zero attached hydrogens (tertiary/aromatic N) is 3. The molecule has 0 bridgehead atoms. The van der Waals surface area contributed by atoms with Gasteiger partial charge in [0.25, 0.3) is 0 Å². The van der Waals surface area contributed by atoms with Crippen LogP contribution in [0.5, 0.6) is 0 Å². The van der Waals surface area contributed by atoms with Gasteiger partial charge in [-0.3, -0.25) is 4.98 Å². The van der Waals surface area contributed by atoms with Gasteiger partial charge in [-0.25, -0.2) is 0 Å². The molecule has 0 aliphatic heterocycles. The van der Waals surface area contributed by atoms with Gasteiger partial charge in [0, 0.05) is 18.4 Å². The fourth-order valence-corrected chi connectivity index (χ4v) is 2.47. The standard InChI is InChI=1S/C12H16N4S/c1-2-3-11-12(17-16-15-11)10(13)8-9-4-6-14-7-5-9/h4-7,10H,2-3,8,13H2,1H3. The average Bonchev–Trinajstić information content (AvgIpc) is 2.79. The lowest BCUT2D eigenvalue weighted by Crippen LogP contribution is -2.13. The molecule has 4 nitrogen and oxygen atoms in total. The fraction of sp³-hybridized carbons (Fsp3) is 0.417. The lowest BCUT2D eigenvalue weighted by atomic mass is 10.0. The average molecular weight is 248 g/mol. The van der Waals surface area contributed by atoms with E-state index in [0.717, 1.165) is 29.8 Å². The van der Waals surface area contributed by atoms with Crippen LogP contribution < -0.4 is 5.73 Å². The van der Waals surface area contributed by atoms with E-state index in [1.807, 2.05) is 12.1 Å². The molecule has 0 amide bonds. The summed E-state index contributed by atoms with van der Waals surface area (Å²) in [6.07, 6.45) is 6.42. The minimum Gasteiger partial charge on any atom is -0.323 e. The van der Waals surface area contributed by atoms with Crippen LogP contribution in [0.1, 0.15) is 35.5 Å². The Bertz CT molecular complexity index is 455. The third kappa shape index (κ3) is 3.08. The summed E-state index contributed by atoms with van der Waals surface area (Å²) in [4.78, 5) is 5.11. The molecule has 0 spiro atoms. The second-order valence-electron chi connectivity index (χ2n) is 4.00. The molecular formula is C12H16N4S. The van der Waals surface area contributed by atoms with Gasteiger partial charge in [-0.1, -0.05) is 17.8 Å². The van der Waals surface area contributed by atoms with Crippen molar-refractivity contribution in [3.05, 3.63) is 40.7 Å². The predicted molar refractivity (Wildman–Crippen MR) is 68.8 cm³/mol.